The quantitative estimate of drug-likeness (QED) is 0.805. The van der Waals surface area contributed by atoms with E-state index in [0.29, 0.717) is 10.6 Å². The van der Waals surface area contributed by atoms with Gasteiger partial charge in [-0.3, -0.25) is 0 Å². The Morgan fingerprint density at radius 1 is 1.11 bits per heavy atom. The third kappa shape index (κ3) is 2.69. The van der Waals surface area contributed by atoms with Crippen molar-refractivity contribution >= 4 is 11.6 Å². The number of nitrogens with zero attached hydrogens (tertiary/aromatic N) is 1. The topological polar surface area (TPSA) is 23.8 Å². The van der Waals surface area contributed by atoms with Crippen molar-refractivity contribution in [3.8, 4) is 6.07 Å². The minimum absolute atomic E-state index is 0.284. The summed E-state index contributed by atoms with van der Waals surface area (Å²) in [5.41, 5.74) is 1.27. The third-order valence-corrected chi connectivity index (χ3v) is 3.18. The molecule has 0 heterocycles. The summed E-state index contributed by atoms with van der Waals surface area (Å²) in [6.07, 6.45) is 0.284. The minimum atomic E-state index is -0.388. The van der Waals surface area contributed by atoms with Crippen LogP contribution >= 0.6 is 11.6 Å². The van der Waals surface area contributed by atoms with Crippen LogP contribution in [0.4, 0.5) is 4.39 Å². The van der Waals surface area contributed by atoms with E-state index in [2.05, 4.69) is 6.07 Å². The molecule has 1 atom stereocenters. The van der Waals surface area contributed by atoms with Gasteiger partial charge in [0.1, 0.15) is 5.82 Å². The molecule has 2 aromatic rings. The van der Waals surface area contributed by atoms with Crippen LogP contribution < -0.4 is 0 Å². The van der Waals surface area contributed by atoms with E-state index < -0.39 is 0 Å². The molecule has 90 valence electrons. The summed E-state index contributed by atoms with van der Waals surface area (Å²) in [5, 5.41) is 9.57. The number of benzene rings is 2. The van der Waals surface area contributed by atoms with E-state index in [4.69, 9.17) is 11.6 Å². The zero-order valence-electron chi connectivity index (χ0n) is 9.61. The van der Waals surface area contributed by atoms with E-state index in [1.54, 1.807) is 12.1 Å². The third-order valence-electron chi connectivity index (χ3n) is 2.83. The molecule has 0 N–H and O–H groups in total. The summed E-state index contributed by atoms with van der Waals surface area (Å²) in [5.74, 6) is -0.751. The molecule has 0 aromatic heterocycles. The van der Waals surface area contributed by atoms with Gasteiger partial charge in [0, 0.05) is 10.6 Å². The predicted molar refractivity (Wildman–Crippen MR) is 69.9 cm³/mol. The van der Waals surface area contributed by atoms with Gasteiger partial charge in [0.25, 0.3) is 0 Å². The Hall–Kier alpha value is -1.85. The van der Waals surface area contributed by atoms with E-state index in [9.17, 15) is 9.65 Å². The molecule has 0 bridgehead atoms. The lowest BCUT2D eigenvalue weighted by Crippen LogP contribution is -2.03. The molecule has 0 fully saturated rings. The van der Waals surface area contributed by atoms with Gasteiger partial charge < -0.3 is 0 Å². The molecule has 2 aromatic carbocycles. The summed E-state index contributed by atoms with van der Waals surface area (Å²) < 4.78 is 13.7. The predicted octanol–water partition coefficient (Wildman–Crippen LogP) is 4.33. The normalized spacial score (nSPS) is 11.8. The van der Waals surface area contributed by atoms with Gasteiger partial charge in [0.15, 0.2) is 0 Å². The van der Waals surface area contributed by atoms with Gasteiger partial charge in [-0.15, -0.1) is 0 Å². The Morgan fingerprint density at radius 2 is 1.83 bits per heavy atom. The SMILES string of the molecule is N#CC(Cc1c(F)cccc1Cl)c1ccccc1. The van der Waals surface area contributed by atoms with Crippen molar-refractivity contribution in [2.75, 3.05) is 0 Å². The number of hydrogen-bond acceptors (Lipinski definition) is 1. The zero-order valence-corrected chi connectivity index (χ0v) is 10.4. The Labute approximate surface area is 110 Å². The number of hydrogen-bond donors (Lipinski definition) is 0. The fourth-order valence-corrected chi connectivity index (χ4v) is 2.10. The molecule has 0 aliphatic rings. The molecule has 0 spiro atoms. The van der Waals surface area contributed by atoms with Crippen LogP contribution in [-0.4, -0.2) is 0 Å². The van der Waals surface area contributed by atoms with Gasteiger partial charge in [0.05, 0.1) is 12.0 Å². The summed E-state index contributed by atoms with van der Waals surface area (Å²) in [4.78, 5) is 0. The van der Waals surface area contributed by atoms with Crippen LogP contribution in [-0.2, 0) is 6.42 Å². The van der Waals surface area contributed by atoms with Gasteiger partial charge >= 0.3 is 0 Å². The maximum absolute atomic E-state index is 13.7. The first-order valence-corrected chi connectivity index (χ1v) is 5.97. The first-order valence-electron chi connectivity index (χ1n) is 5.60. The molecule has 0 aliphatic heterocycles. The summed E-state index contributed by atoms with van der Waals surface area (Å²) in [6, 6.07) is 16.1. The van der Waals surface area contributed by atoms with Gasteiger partial charge in [0.2, 0.25) is 0 Å². The molecule has 1 unspecified atom stereocenters. The Kier molecular flexibility index (Phi) is 3.96. The molecular formula is C15H11ClFN. The molecule has 2 rings (SSSR count). The second kappa shape index (κ2) is 5.66. The van der Waals surface area contributed by atoms with Gasteiger partial charge in [-0.2, -0.15) is 5.26 Å². The monoisotopic (exact) mass is 259 g/mol. The smallest absolute Gasteiger partial charge is 0.127 e. The highest BCUT2D eigenvalue weighted by molar-refractivity contribution is 6.31. The van der Waals surface area contributed by atoms with Crippen LogP contribution in [0.5, 0.6) is 0 Å². The Balaban J connectivity index is 2.30. The van der Waals surface area contributed by atoms with Crippen molar-refractivity contribution in [1.82, 2.24) is 0 Å². The van der Waals surface area contributed by atoms with E-state index in [1.807, 2.05) is 30.3 Å². The molecular weight excluding hydrogens is 249 g/mol. The maximum atomic E-state index is 13.7. The lowest BCUT2D eigenvalue weighted by molar-refractivity contribution is 0.604. The van der Waals surface area contributed by atoms with Crippen molar-refractivity contribution < 1.29 is 4.39 Å². The van der Waals surface area contributed by atoms with Gasteiger partial charge in [-0.25, -0.2) is 4.39 Å². The van der Waals surface area contributed by atoms with E-state index >= 15 is 0 Å². The zero-order chi connectivity index (χ0) is 13.0. The highest BCUT2D eigenvalue weighted by Gasteiger charge is 2.15. The van der Waals surface area contributed by atoms with Crippen molar-refractivity contribution in [3.05, 3.63) is 70.5 Å². The number of rotatable bonds is 3. The van der Waals surface area contributed by atoms with Crippen molar-refractivity contribution in [1.29, 1.82) is 5.26 Å². The first-order chi connectivity index (χ1) is 8.72. The van der Waals surface area contributed by atoms with E-state index in [-0.39, 0.29) is 18.2 Å². The van der Waals surface area contributed by atoms with Gasteiger partial charge in [-0.05, 0) is 24.1 Å². The average Bonchev–Trinajstić information content (AvgIpc) is 2.40. The van der Waals surface area contributed by atoms with Crippen LogP contribution in [0.15, 0.2) is 48.5 Å². The fourth-order valence-electron chi connectivity index (χ4n) is 1.85. The summed E-state index contributed by atoms with van der Waals surface area (Å²) in [6.45, 7) is 0. The average molecular weight is 260 g/mol. The van der Waals surface area contributed by atoms with Crippen LogP contribution in [0, 0.1) is 17.1 Å². The maximum Gasteiger partial charge on any atom is 0.127 e. The molecule has 1 nitrogen and oxygen atoms in total. The van der Waals surface area contributed by atoms with Crippen LogP contribution in [0.1, 0.15) is 17.0 Å². The van der Waals surface area contributed by atoms with E-state index in [0.717, 1.165) is 5.56 Å². The molecule has 3 heteroatoms. The highest BCUT2D eigenvalue weighted by atomic mass is 35.5. The van der Waals surface area contributed by atoms with Crippen LogP contribution in [0.2, 0.25) is 5.02 Å². The molecule has 0 radical (unpaired) electrons. The summed E-state index contributed by atoms with van der Waals surface area (Å²) in [7, 11) is 0. The van der Waals surface area contributed by atoms with E-state index in [1.165, 1.54) is 6.07 Å². The van der Waals surface area contributed by atoms with Gasteiger partial charge in [-0.1, -0.05) is 48.0 Å². The highest BCUT2D eigenvalue weighted by Crippen LogP contribution is 2.26. The molecule has 18 heavy (non-hydrogen) atoms. The number of halogens is 2. The lowest BCUT2D eigenvalue weighted by atomic mass is 9.93. The fraction of sp³-hybridized carbons (Fsp3) is 0.133. The first kappa shape index (κ1) is 12.6. The van der Waals surface area contributed by atoms with Crippen molar-refractivity contribution in [2.45, 2.75) is 12.3 Å². The largest absolute Gasteiger partial charge is 0.207 e. The van der Waals surface area contributed by atoms with Crippen molar-refractivity contribution in [3.63, 3.8) is 0 Å². The second-order valence-corrected chi connectivity index (χ2v) is 4.40. The number of nitriles is 1. The van der Waals surface area contributed by atoms with Crippen LogP contribution in [0.25, 0.3) is 0 Å². The molecule has 0 aliphatic carbocycles. The Bertz CT molecular complexity index is 555. The molecule has 0 amide bonds. The lowest BCUT2D eigenvalue weighted by Gasteiger charge is -2.11. The minimum Gasteiger partial charge on any atom is -0.207 e. The molecule has 0 saturated carbocycles. The van der Waals surface area contributed by atoms with Crippen molar-refractivity contribution in [2.24, 2.45) is 0 Å². The van der Waals surface area contributed by atoms with Crippen LogP contribution in [0.3, 0.4) is 0 Å². The standard InChI is InChI=1S/C15H11ClFN/c16-14-7-4-8-15(17)13(14)9-12(10-18)11-5-2-1-3-6-11/h1-8,12H,9H2. The second-order valence-electron chi connectivity index (χ2n) is 4.00. The Morgan fingerprint density at radius 3 is 2.44 bits per heavy atom. The molecule has 0 saturated heterocycles. The summed E-state index contributed by atoms with van der Waals surface area (Å²) >= 11 is 5.97.